The summed E-state index contributed by atoms with van der Waals surface area (Å²) in [4.78, 5) is 19.3. The van der Waals surface area contributed by atoms with E-state index in [1.54, 1.807) is 12.1 Å². The molecule has 2 aliphatic rings. The zero-order valence-electron chi connectivity index (χ0n) is 17.6. The first kappa shape index (κ1) is 22.2. The number of benzene rings is 2. The molecule has 0 saturated carbocycles. The molecule has 6 nitrogen and oxygen atoms in total. The Morgan fingerprint density at radius 2 is 2.00 bits per heavy atom. The molecule has 31 heavy (non-hydrogen) atoms. The first-order valence-corrected chi connectivity index (χ1v) is 13.2. The van der Waals surface area contributed by atoms with Crippen LogP contribution in [0.5, 0.6) is 0 Å². The van der Waals surface area contributed by atoms with Gasteiger partial charge in [0.2, 0.25) is 5.91 Å². The van der Waals surface area contributed by atoms with Crippen molar-refractivity contribution in [2.45, 2.75) is 32.9 Å². The number of carbonyl (C=O) groups excluding carboxylic acids is 1. The number of aliphatic imine (C=N–C) groups is 1. The van der Waals surface area contributed by atoms with E-state index in [4.69, 9.17) is 16.6 Å². The van der Waals surface area contributed by atoms with E-state index in [1.165, 1.54) is 11.8 Å². The molecule has 2 unspecified atom stereocenters. The Morgan fingerprint density at radius 3 is 2.74 bits per heavy atom. The minimum absolute atomic E-state index is 0.0526. The number of halogens is 1. The number of aryl methyl sites for hydroxylation is 2. The molecule has 1 amide bonds. The Morgan fingerprint density at radius 1 is 1.23 bits per heavy atom. The summed E-state index contributed by atoms with van der Waals surface area (Å²) in [6.45, 7) is 5.89. The molecule has 2 heterocycles. The number of carbonyl (C=O) groups is 1. The summed E-state index contributed by atoms with van der Waals surface area (Å²) < 4.78 is 24.4. The Kier molecular flexibility index (Phi) is 6.07. The summed E-state index contributed by atoms with van der Waals surface area (Å²) in [5.74, 6) is 0.130. The van der Waals surface area contributed by atoms with Crippen LogP contribution in [0.4, 0.5) is 11.4 Å². The van der Waals surface area contributed by atoms with E-state index in [-0.39, 0.29) is 35.2 Å². The van der Waals surface area contributed by atoms with Crippen molar-refractivity contribution >= 4 is 55.6 Å². The first-order chi connectivity index (χ1) is 14.6. The Bertz CT molecular complexity index is 1180. The van der Waals surface area contributed by atoms with Gasteiger partial charge in [0.25, 0.3) is 0 Å². The summed E-state index contributed by atoms with van der Waals surface area (Å²) in [6.07, 6.45) is 0. The highest BCUT2D eigenvalue weighted by atomic mass is 35.5. The Balaban J connectivity index is 1.54. The molecular formula is C22H24ClN3O3S2. The van der Waals surface area contributed by atoms with Crippen molar-refractivity contribution in [3.63, 3.8) is 0 Å². The molecule has 0 aliphatic carbocycles. The molecule has 1 fully saturated rings. The summed E-state index contributed by atoms with van der Waals surface area (Å²) >= 11 is 7.47. The molecule has 0 spiro atoms. The van der Waals surface area contributed by atoms with Gasteiger partial charge < -0.3 is 10.2 Å². The third kappa shape index (κ3) is 4.61. The predicted molar refractivity (Wildman–Crippen MR) is 129 cm³/mol. The number of nitrogens with zero attached hydrogens (tertiary/aromatic N) is 2. The third-order valence-electron chi connectivity index (χ3n) is 5.59. The third-order valence-corrected chi connectivity index (χ3v) is 8.67. The van der Waals surface area contributed by atoms with E-state index in [9.17, 15) is 13.2 Å². The summed E-state index contributed by atoms with van der Waals surface area (Å²) in [6, 6.07) is 10.9. The highest BCUT2D eigenvalue weighted by Gasteiger charge is 2.47. The van der Waals surface area contributed by atoms with Gasteiger partial charge in [0.05, 0.1) is 29.3 Å². The van der Waals surface area contributed by atoms with Crippen LogP contribution >= 0.6 is 23.4 Å². The van der Waals surface area contributed by atoms with Gasteiger partial charge in [-0.25, -0.2) is 8.42 Å². The van der Waals surface area contributed by atoms with Crippen molar-refractivity contribution in [2.24, 2.45) is 4.99 Å². The topological polar surface area (TPSA) is 78.8 Å². The number of amides is 1. The SMILES string of the molecule is Cc1ccc(N2C(SCC(=O)Nc3cccc(Cl)c3C)=NC3CS(=O)(=O)CC32)c(C)c1. The average molecular weight is 478 g/mol. The monoisotopic (exact) mass is 477 g/mol. The minimum atomic E-state index is -3.12. The van der Waals surface area contributed by atoms with E-state index >= 15 is 0 Å². The molecule has 164 valence electrons. The fourth-order valence-electron chi connectivity index (χ4n) is 4.05. The van der Waals surface area contributed by atoms with Gasteiger partial charge in [-0.15, -0.1) is 0 Å². The number of fused-ring (bicyclic) bond motifs is 1. The molecule has 0 aromatic heterocycles. The maximum Gasteiger partial charge on any atom is 0.234 e. The smallest absolute Gasteiger partial charge is 0.234 e. The Hall–Kier alpha value is -2.03. The number of sulfone groups is 1. The van der Waals surface area contributed by atoms with Crippen LogP contribution < -0.4 is 10.2 Å². The highest BCUT2D eigenvalue weighted by Crippen LogP contribution is 2.37. The predicted octanol–water partition coefficient (Wildman–Crippen LogP) is 3.98. The normalized spacial score (nSPS) is 21.7. The molecule has 1 N–H and O–H groups in total. The largest absolute Gasteiger partial charge is 0.325 e. The van der Waals surface area contributed by atoms with Gasteiger partial charge >= 0.3 is 0 Å². The van der Waals surface area contributed by atoms with E-state index in [1.807, 2.05) is 43.9 Å². The number of nitrogens with one attached hydrogen (secondary N) is 1. The quantitative estimate of drug-likeness (QED) is 0.720. The van der Waals surface area contributed by atoms with Crippen molar-refractivity contribution in [3.8, 4) is 0 Å². The van der Waals surface area contributed by atoms with E-state index in [2.05, 4.69) is 11.4 Å². The van der Waals surface area contributed by atoms with Gasteiger partial charge in [-0.2, -0.15) is 0 Å². The second-order valence-electron chi connectivity index (χ2n) is 8.03. The van der Waals surface area contributed by atoms with Gasteiger partial charge in [-0.3, -0.25) is 9.79 Å². The van der Waals surface area contributed by atoms with E-state index in [0.717, 1.165) is 22.4 Å². The van der Waals surface area contributed by atoms with Crippen LogP contribution in [-0.2, 0) is 14.6 Å². The molecule has 2 aromatic carbocycles. The van der Waals surface area contributed by atoms with Crippen LogP contribution in [-0.4, -0.2) is 48.8 Å². The number of hydrogen-bond acceptors (Lipinski definition) is 6. The first-order valence-electron chi connectivity index (χ1n) is 9.97. The van der Waals surface area contributed by atoms with Crippen LogP contribution in [0.25, 0.3) is 0 Å². The molecule has 2 aromatic rings. The fourth-order valence-corrected chi connectivity index (χ4v) is 6.98. The van der Waals surface area contributed by atoms with Crippen molar-refractivity contribution in [2.75, 3.05) is 27.5 Å². The molecule has 2 atom stereocenters. The summed E-state index contributed by atoms with van der Waals surface area (Å²) in [7, 11) is -3.12. The lowest BCUT2D eigenvalue weighted by Gasteiger charge is -2.28. The molecule has 4 rings (SSSR count). The molecule has 0 bridgehead atoms. The van der Waals surface area contributed by atoms with Gasteiger partial charge in [0.15, 0.2) is 15.0 Å². The van der Waals surface area contributed by atoms with Crippen molar-refractivity contribution in [1.82, 2.24) is 0 Å². The van der Waals surface area contributed by atoms with Crippen LogP contribution in [0.3, 0.4) is 0 Å². The molecule has 1 saturated heterocycles. The molecule has 9 heteroatoms. The standard InChI is InChI=1S/C22H24ClN3O3S2/c1-13-7-8-19(14(2)9-13)26-20-12-31(28,29)11-18(20)25-22(26)30-10-21(27)24-17-6-4-5-16(23)15(17)3/h4-9,18,20H,10-12H2,1-3H3,(H,24,27). The highest BCUT2D eigenvalue weighted by molar-refractivity contribution is 8.14. The fraction of sp³-hybridized carbons (Fsp3) is 0.364. The number of rotatable bonds is 4. The lowest BCUT2D eigenvalue weighted by atomic mass is 10.1. The van der Waals surface area contributed by atoms with Gasteiger partial charge in [0.1, 0.15) is 0 Å². The second kappa shape index (κ2) is 8.48. The van der Waals surface area contributed by atoms with Gasteiger partial charge in [-0.05, 0) is 50.1 Å². The van der Waals surface area contributed by atoms with Crippen LogP contribution in [0.15, 0.2) is 41.4 Å². The molecular weight excluding hydrogens is 454 g/mol. The van der Waals surface area contributed by atoms with Crippen LogP contribution in [0.1, 0.15) is 16.7 Å². The summed E-state index contributed by atoms with van der Waals surface area (Å²) in [5, 5.41) is 4.19. The number of thioether (sulfide) groups is 1. The molecule has 0 radical (unpaired) electrons. The van der Waals surface area contributed by atoms with E-state index < -0.39 is 9.84 Å². The van der Waals surface area contributed by atoms with Gasteiger partial charge in [0, 0.05) is 16.4 Å². The number of hydrogen-bond donors (Lipinski definition) is 1. The minimum Gasteiger partial charge on any atom is -0.325 e. The zero-order valence-corrected chi connectivity index (χ0v) is 19.9. The second-order valence-corrected chi connectivity index (χ2v) is 11.5. The lowest BCUT2D eigenvalue weighted by Crippen LogP contribution is -2.39. The van der Waals surface area contributed by atoms with Crippen LogP contribution in [0.2, 0.25) is 5.02 Å². The Labute approximate surface area is 192 Å². The maximum absolute atomic E-state index is 12.6. The van der Waals surface area contributed by atoms with Crippen molar-refractivity contribution in [1.29, 1.82) is 0 Å². The molecule has 2 aliphatic heterocycles. The van der Waals surface area contributed by atoms with E-state index in [0.29, 0.717) is 15.9 Å². The van der Waals surface area contributed by atoms with Crippen molar-refractivity contribution in [3.05, 3.63) is 58.1 Å². The van der Waals surface area contributed by atoms with Crippen LogP contribution in [0, 0.1) is 20.8 Å². The zero-order chi connectivity index (χ0) is 22.3. The maximum atomic E-state index is 12.6. The number of amidine groups is 1. The summed E-state index contributed by atoms with van der Waals surface area (Å²) in [5.41, 5.74) is 4.63. The van der Waals surface area contributed by atoms with Crippen molar-refractivity contribution < 1.29 is 13.2 Å². The lowest BCUT2D eigenvalue weighted by molar-refractivity contribution is -0.113. The average Bonchev–Trinajstić information content (AvgIpc) is 3.15. The number of anilines is 2. The van der Waals surface area contributed by atoms with Gasteiger partial charge in [-0.1, -0.05) is 47.1 Å².